The lowest BCUT2D eigenvalue weighted by atomic mass is 9.68. The summed E-state index contributed by atoms with van der Waals surface area (Å²) in [4.78, 5) is 0. The molecule has 1 aliphatic rings. The first-order valence-corrected chi connectivity index (χ1v) is 3.47. The van der Waals surface area contributed by atoms with E-state index in [2.05, 4.69) is 0 Å². The third-order valence-electron chi connectivity index (χ3n) is 2.38. The van der Waals surface area contributed by atoms with Crippen molar-refractivity contribution >= 4 is 0 Å². The van der Waals surface area contributed by atoms with Crippen LogP contribution in [0.4, 0.5) is 0 Å². The standard InChI is InChI=1S/C7H15NO/c1-6(2,8)7(9)4-3-5-7/h9H,3-5,8H2,1-2H3. The predicted octanol–water partition coefficient (Wildman–Crippen LogP) is 0.639. The molecule has 0 amide bonds. The second kappa shape index (κ2) is 1.70. The molecule has 0 atom stereocenters. The van der Waals surface area contributed by atoms with E-state index in [1.807, 2.05) is 13.8 Å². The van der Waals surface area contributed by atoms with Crippen molar-refractivity contribution in [3.8, 4) is 0 Å². The molecule has 0 spiro atoms. The monoisotopic (exact) mass is 129 g/mol. The van der Waals surface area contributed by atoms with E-state index in [0.717, 1.165) is 19.3 Å². The van der Waals surface area contributed by atoms with Crippen LogP contribution in [0.5, 0.6) is 0 Å². The molecule has 2 nitrogen and oxygen atoms in total. The summed E-state index contributed by atoms with van der Waals surface area (Å²) in [5.41, 5.74) is 4.75. The van der Waals surface area contributed by atoms with Crippen molar-refractivity contribution in [1.82, 2.24) is 0 Å². The number of nitrogens with two attached hydrogens (primary N) is 1. The maximum atomic E-state index is 9.62. The van der Waals surface area contributed by atoms with Crippen LogP contribution in [-0.4, -0.2) is 16.2 Å². The van der Waals surface area contributed by atoms with Crippen molar-refractivity contribution < 1.29 is 5.11 Å². The maximum Gasteiger partial charge on any atom is 0.0820 e. The smallest absolute Gasteiger partial charge is 0.0820 e. The van der Waals surface area contributed by atoms with Gasteiger partial charge in [-0.2, -0.15) is 0 Å². The van der Waals surface area contributed by atoms with Crippen LogP contribution in [-0.2, 0) is 0 Å². The molecular weight excluding hydrogens is 114 g/mol. The van der Waals surface area contributed by atoms with Gasteiger partial charge in [0.15, 0.2) is 0 Å². The highest BCUT2D eigenvalue weighted by molar-refractivity contribution is 5.02. The zero-order chi connectivity index (χ0) is 7.12. The summed E-state index contributed by atoms with van der Waals surface area (Å²) in [6.45, 7) is 3.76. The molecule has 1 saturated carbocycles. The van der Waals surface area contributed by atoms with Gasteiger partial charge < -0.3 is 10.8 Å². The molecule has 3 N–H and O–H groups in total. The van der Waals surface area contributed by atoms with E-state index in [9.17, 15) is 5.11 Å². The molecule has 0 saturated heterocycles. The first-order valence-electron chi connectivity index (χ1n) is 3.47. The van der Waals surface area contributed by atoms with Crippen molar-refractivity contribution in [3.63, 3.8) is 0 Å². The second-order valence-electron chi connectivity index (χ2n) is 3.61. The second-order valence-corrected chi connectivity index (χ2v) is 3.61. The van der Waals surface area contributed by atoms with Crippen LogP contribution >= 0.6 is 0 Å². The Bertz CT molecular complexity index is 111. The van der Waals surface area contributed by atoms with Gasteiger partial charge in [0.2, 0.25) is 0 Å². The van der Waals surface area contributed by atoms with E-state index >= 15 is 0 Å². The van der Waals surface area contributed by atoms with E-state index in [4.69, 9.17) is 5.73 Å². The van der Waals surface area contributed by atoms with Crippen molar-refractivity contribution in [1.29, 1.82) is 0 Å². The summed E-state index contributed by atoms with van der Waals surface area (Å²) in [6, 6.07) is 0. The largest absolute Gasteiger partial charge is 0.388 e. The minimum atomic E-state index is -0.562. The maximum absolute atomic E-state index is 9.62. The van der Waals surface area contributed by atoms with E-state index in [0.29, 0.717) is 0 Å². The Morgan fingerprint density at radius 1 is 1.44 bits per heavy atom. The van der Waals surface area contributed by atoms with Gasteiger partial charge >= 0.3 is 0 Å². The van der Waals surface area contributed by atoms with Gasteiger partial charge in [-0.3, -0.25) is 0 Å². The average molecular weight is 129 g/mol. The third-order valence-corrected chi connectivity index (χ3v) is 2.38. The molecule has 54 valence electrons. The van der Waals surface area contributed by atoms with Gasteiger partial charge in [-0.15, -0.1) is 0 Å². The topological polar surface area (TPSA) is 46.2 Å². The zero-order valence-electron chi connectivity index (χ0n) is 6.15. The number of rotatable bonds is 1. The van der Waals surface area contributed by atoms with Crippen LogP contribution in [0.1, 0.15) is 33.1 Å². The fraction of sp³-hybridized carbons (Fsp3) is 1.00. The Hall–Kier alpha value is -0.0800. The van der Waals surface area contributed by atoms with E-state index < -0.39 is 11.1 Å². The van der Waals surface area contributed by atoms with E-state index in [-0.39, 0.29) is 0 Å². The number of hydrogen-bond donors (Lipinski definition) is 2. The summed E-state index contributed by atoms with van der Waals surface area (Å²) in [5.74, 6) is 0. The zero-order valence-corrected chi connectivity index (χ0v) is 6.15. The Kier molecular flexibility index (Phi) is 1.33. The molecule has 0 radical (unpaired) electrons. The van der Waals surface area contributed by atoms with Crippen LogP contribution in [0.25, 0.3) is 0 Å². The quantitative estimate of drug-likeness (QED) is 0.545. The molecule has 0 aliphatic heterocycles. The summed E-state index contributed by atoms with van der Waals surface area (Å²) in [7, 11) is 0. The molecule has 0 aromatic carbocycles. The molecule has 1 aliphatic carbocycles. The van der Waals surface area contributed by atoms with Gasteiger partial charge in [-0.1, -0.05) is 0 Å². The minimum absolute atomic E-state index is 0.411. The SMILES string of the molecule is CC(C)(N)C1(O)CCC1. The summed E-state index contributed by atoms with van der Waals surface area (Å²) >= 11 is 0. The Labute approximate surface area is 56.1 Å². The molecule has 0 aromatic rings. The fourth-order valence-electron chi connectivity index (χ4n) is 1.16. The summed E-state index contributed by atoms with van der Waals surface area (Å²) in [5, 5.41) is 9.62. The highest BCUT2D eigenvalue weighted by Gasteiger charge is 2.45. The van der Waals surface area contributed by atoms with E-state index in [1.165, 1.54) is 0 Å². The van der Waals surface area contributed by atoms with Gasteiger partial charge in [-0.05, 0) is 33.1 Å². The van der Waals surface area contributed by atoms with Crippen molar-refractivity contribution in [2.45, 2.75) is 44.2 Å². The predicted molar refractivity (Wildman–Crippen MR) is 37.1 cm³/mol. The van der Waals surface area contributed by atoms with Crippen molar-refractivity contribution in [3.05, 3.63) is 0 Å². The van der Waals surface area contributed by atoms with Crippen molar-refractivity contribution in [2.24, 2.45) is 5.73 Å². The Balaban J connectivity index is 2.59. The molecule has 0 unspecified atom stereocenters. The van der Waals surface area contributed by atoms with E-state index in [1.54, 1.807) is 0 Å². The molecule has 2 heteroatoms. The first-order chi connectivity index (χ1) is 3.96. The van der Waals surface area contributed by atoms with Gasteiger partial charge in [-0.25, -0.2) is 0 Å². The molecular formula is C7H15NO. The Morgan fingerprint density at radius 2 is 1.89 bits per heavy atom. The van der Waals surface area contributed by atoms with Crippen LogP contribution in [0, 0.1) is 0 Å². The lowest BCUT2D eigenvalue weighted by Crippen LogP contribution is -2.60. The molecule has 9 heavy (non-hydrogen) atoms. The first kappa shape index (κ1) is 7.03. The molecule has 0 aromatic heterocycles. The number of aliphatic hydroxyl groups is 1. The molecule has 1 fully saturated rings. The normalized spacial score (nSPS) is 25.3. The lowest BCUT2D eigenvalue weighted by Gasteiger charge is -2.46. The molecule has 0 bridgehead atoms. The highest BCUT2D eigenvalue weighted by Crippen LogP contribution is 2.38. The van der Waals surface area contributed by atoms with Crippen LogP contribution in [0.15, 0.2) is 0 Å². The van der Waals surface area contributed by atoms with Crippen molar-refractivity contribution in [2.75, 3.05) is 0 Å². The summed E-state index contributed by atoms with van der Waals surface area (Å²) < 4.78 is 0. The van der Waals surface area contributed by atoms with Crippen LogP contribution < -0.4 is 5.73 Å². The van der Waals surface area contributed by atoms with Gasteiger partial charge in [0.1, 0.15) is 0 Å². The van der Waals surface area contributed by atoms with Crippen LogP contribution in [0.3, 0.4) is 0 Å². The molecule has 1 rings (SSSR count). The van der Waals surface area contributed by atoms with Gasteiger partial charge in [0.05, 0.1) is 5.60 Å². The minimum Gasteiger partial charge on any atom is -0.388 e. The summed E-state index contributed by atoms with van der Waals surface area (Å²) in [6.07, 6.45) is 2.87. The van der Waals surface area contributed by atoms with Gasteiger partial charge in [0.25, 0.3) is 0 Å². The third kappa shape index (κ3) is 0.970. The molecule has 0 heterocycles. The van der Waals surface area contributed by atoms with Gasteiger partial charge in [0, 0.05) is 5.54 Å². The lowest BCUT2D eigenvalue weighted by molar-refractivity contribution is -0.0851. The highest BCUT2D eigenvalue weighted by atomic mass is 16.3. The number of hydrogen-bond acceptors (Lipinski definition) is 2. The Morgan fingerprint density at radius 3 is 1.89 bits per heavy atom. The fourth-order valence-corrected chi connectivity index (χ4v) is 1.16. The average Bonchev–Trinajstić information content (AvgIpc) is 1.57. The van der Waals surface area contributed by atoms with Crippen LogP contribution in [0.2, 0.25) is 0 Å².